The van der Waals surface area contributed by atoms with Crippen molar-refractivity contribution in [2.45, 2.75) is 32.4 Å². The van der Waals surface area contributed by atoms with Gasteiger partial charge in [0.1, 0.15) is 0 Å². The van der Waals surface area contributed by atoms with Crippen LogP contribution in [-0.4, -0.2) is 30.2 Å². The summed E-state index contributed by atoms with van der Waals surface area (Å²) in [4.78, 5) is 2.63. The number of ether oxygens (including phenoxy) is 1. The van der Waals surface area contributed by atoms with Crippen LogP contribution in [0.2, 0.25) is 0 Å². The highest BCUT2D eigenvalue weighted by Crippen LogP contribution is 2.45. The van der Waals surface area contributed by atoms with Gasteiger partial charge in [-0.2, -0.15) is 0 Å². The third kappa shape index (κ3) is 2.00. The van der Waals surface area contributed by atoms with Crippen molar-refractivity contribution in [1.29, 1.82) is 0 Å². The molecule has 2 saturated heterocycles. The third-order valence-electron chi connectivity index (χ3n) is 4.06. The van der Waals surface area contributed by atoms with E-state index in [4.69, 9.17) is 4.74 Å². The monoisotopic (exact) mass is 231 g/mol. The number of benzene rings is 1. The van der Waals surface area contributed by atoms with Crippen molar-refractivity contribution in [3.63, 3.8) is 0 Å². The molecule has 0 radical (unpaired) electrons. The van der Waals surface area contributed by atoms with Crippen molar-refractivity contribution < 1.29 is 4.74 Å². The van der Waals surface area contributed by atoms with E-state index in [0.717, 1.165) is 19.8 Å². The van der Waals surface area contributed by atoms with E-state index in [1.54, 1.807) is 0 Å². The van der Waals surface area contributed by atoms with E-state index in [1.165, 1.54) is 18.5 Å². The standard InChI is InChI=1S/C15H21NO/c1-14(2)9-15(11-17-12-15)16(10-14)8-13-6-4-3-5-7-13/h3-7H,8-12H2,1-2H3. The van der Waals surface area contributed by atoms with Gasteiger partial charge in [0.25, 0.3) is 0 Å². The summed E-state index contributed by atoms with van der Waals surface area (Å²) in [5, 5.41) is 0. The van der Waals surface area contributed by atoms with E-state index in [1.807, 2.05) is 0 Å². The van der Waals surface area contributed by atoms with Gasteiger partial charge in [-0.1, -0.05) is 44.2 Å². The zero-order valence-electron chi connectivity index (χ0n) is 10.8. The number of hydrogen-bond donors (Lipinski definition) is 0. The smallest absolute Gasteiger partial charge is 0.0687 e. The maximum Gasteiger partial charge on any atom is 0.0687 e. The zero-order valence-corrected chi connectivity index (χ0v) is 10.8. The molecule has 3 rings (SSSR count). The Balaban J connectivity index is 1.78. The van der Waals surface area contributed by atoms with Gasteiger partial charge in [-0.3, -0.25) is 4.90 Å². The zero-order chi connectivity index (χ0) is 11.9. The van der Waals surface area contributed by atoms with E-state index < -0.39 is 0 Å². The van der Waals surface area contributed by atoms with Crippen LogP contribution in [0, 0.1) is 5.41 Å². The van der Waals surface area contributed by atoms with Gasteiger partial charge in [0.05, 0.1) is 18.8 Å². The molecule has 0 aliphatic carbocycles. The number of nitrogens with zero attached hydrogens (tertiary/aromatic N) is 1. The minimum Gasteiger partial charge on any atom is -0.377 e. The van der Waals surface area contributed by atoms with Gasteiger partial charge in [0.2, 0.25) is 0 Å². The summed E-state index contributed by atoms with van der Waals surface area (Å²) in [6.45, 7) is 8.83. The van der Waals surface area contributed by atoms with Crippen molar-refractivity contribution in [1.82, 2.24) is 4.90 Å². The average Bonchev–Trinajstić information content (AvgIpc) is 2.51. The molecule has 2 nitrogen and oxygen atoms in total. The second-order valence-electron chi connectivity index (χ2n) is 6.40. The van der Waals surface area contributed by atoms with Crippen LogP contribution < -0.4 is 0 Å². The molecule has 1 aromatic rings. The maximum atomic E-state index is 5.48. The molecule has 0 amide bonds. The third-order valence-corrected chi connectivity index (χ3v) is 4.06. The molecule has 2 heterocycles. The predicted octanol–water partition coefficient (Wildman–Crippen LogP) is 2.69. The highest BCUT2D eigenvalue weighted by molar-refractivity contribution is 5.17. The van der Waals surface area contributed by atoms with E-state index in [-0.39, 0.29) is 0 Å². The van der Waals surface area contributed by atoms with Gasteiger partial charge in [0.15, 0.2) is 0 Å². The molecule has 1 spiro atoms. The normalized spacial score (nSPS) is 26.0. The van der Waals surface area contributed by atoms with Crippen LogP contribution in [0.15, 0.2) is 30.3 Å². The fraction of sp³-hybridized carbons (Fsp3) is 0.600. The molecule has 92 valence electrons. The predicted molar refractivity (Wildman–Crippen MR) is 68.8 cm³/mol. The molecule has 0 unspecified atom stereocenters. The molecule has 2 fully saturated rings. The van der Waals surface area contributed by atoms with Crippen LogP contribution in [0.4, 0.5) is 0 Å². The fourth-order valence-electron chi connectivity index (χ4n) is 3.39. The molecule has 17 heavy (non-hydrogen) atoms. The minimum atomic E-state index is 0.333. The first-order valence-electron chi connectivity index (χ1n) is 6.47. The number of rotatable bonds is 2. The Kier molecular flexibility index (Phi) is 2.53. The lowest BCUT2D eigenvalue weighted by molar-refractivity contribution is -0.126. The molecule has 1 aromatic carbocycles. The minimum absolute atomic E-state index is 0.333. The molecule has 0 N–H and O–H groups in total. The summed E-state index contributed by atoms with van der Waals surface area (Å²) in [5.41, 5.74) is 2.18. The van der Waals surface area contributed by atoms with Gasteiger partial charge in [-0.15, -0.1) is 0 Å². The van der Waals surface area contributed by atoms with Gasteiger partial charge in [0, 0.05) is 13.1 Å². The van der Waals surface area contributed by atoms with Gasteiger partial charge in [-0.25, -0.2) is 0 Å². The number of hydrogen-bond acceptors (Lipinski definition) is 2. The summed E-state index contributed by atoms with van der Waals surface area (Å²) in [5.74, 6) is 0. The number of likely N-dealkylation sites (tertiary alicyclic amines) is 1. The summed E-state index contributed by atoms with van der Waals surface area (Å²) in [6.07, 6.45) is 1.27. The maximum absolute atomic E-state index is 5.48. The summed E-state index contributed by atoms with van der Waals surface area (Å²) >= 11 is 0. The SMILES string of the molecule is CC1(C)CN(Cc2ccccc2)C2(COC2)C1. The van der Waals surface area contributed by atoms with Crippen LogP contribution in [0.25, 0.3) is 0 Å². The topological polar surface area (TPSA) is 12.5 Å². The molecule has 0 atom stereocenters. The summed E-state index contributed by atoms with van der Waals surface area (Å²) in [6, 6.07) is 10.8. The van der Waals surface area contributed by atoms with E-state index >= 15 is 0 Å². The Hall–Kier alpha value is -0.860. The lowest BCUT2D eigenvalue weighted by atomic mass is 9.83. The van der Waals surface area contributed by atoms with E-state index in [9.17, 15) is 0 Å². The van der Waals surface area contributed by atoms with Crippen LogP contribution >= 0.6 is 0 Å². The van der Waals surface area contributed by atoms with Gasteiger partial charge in [-0.05, 0) is 17.4 Å². The molecular formula is C15H21NO. The average molecular weight is 231 g/mol. The van der Waals surface area contributed by atoms with Crippen molar-refractivity contribution in [2.24, 2.45) is 5.41 Å². The Morgan fingerprint density at radius 1 is 1.18 bits per heavy atom. The molecule has 0 saturated carbocycles. The van der Waals surface area contributed by atoms with Crippen molar-refractivity contribution in [3.8, 4) is 0 Å². The Morgan fingerprint density at radius 3 is 2.47 bits per heavy atom. The van der Waals surface area contributed by atoms with Crippen molar-refractivity contribution in [3.05, 3.63) is 35.9 Å². The Bertz CT molecular complexity index is 395. The van der Waals surface area contributed by atoms with Crippen LogP contribution in [0.1, 0.15) is 25.8 Å². The highest BCUT2D eigenvalue weighted by Gasteiger charge is 2.53. The quantitative estimate of drug-likeness (QED) is 0.776. The van der Waals surface area contributed by atoms with E-state index in [0.29, 0.717) is 11.0 Å². The lowest BCUT2D eigenvalue weighted by Crippen LogP contribution is -2.58. The molecule has 2 aliphatic rings. The first-order chi connectivity index (χ1) is 8.10. The summed E-state index contributed by atoms with van der Waals surface area (Å²) < 4.78 is 5.48. The first kappa shape index (κ1) is 11.2. The lowest BCUT2D eigenvalue weighted by Gasteiger charge is -2.45. The Morgan fingerprint density at radius 2 is 1.88 bits per heavy atom. The first-order valence-corrected chi connectivity index (χ1v) is 6.47. The Labute approximate surface area is 104 Å². The van der Waals surface area contributed by atoms with Gasteiger partial charge < -0.3 is 4.74 Å². The second kappa shape index (κ2) is 3.82. The second-order valence-corrected chi connectivity index (χ2v) is 6.40. The highest BCUT2D eigenvalue weighted by atomic mass is 16.5. The van der Waals surface area contributed by atoms with Crippen LogP contribution in [-0.2, 0) is 11.3 Å². The summed E-state index contributed by atoms with van der Waals surface area (Å²) in [7, 11) is 0. The van der Waals surface area contributed by atoms with Crippen LogP contribution in [0.3, 0.4) is 0 Å². The molecule has 0 bridgehead atoms. The van der Waals surface area contributed by atoms with Crippen molar-refractivity contribution >= 4 is 0 Å². The van der Waals surface area contributed by atoms with Gasteiger partial charge >= 0.3 is 0 Å². The van der Waals surface area contributed by atoms with E-state index in [2.05, 4.69) is 49.1 Å². The fourth-order valence-corrected chi connectivity index (χ4v) is 3.39. The molecular weight excluding hydrogens is 210 g/mol. The molecule has 2 heteroatoms. The van der Waals surface area contributed by atoms with Crippen molar-refractivity contribution in [2.75, 3.05) is 19.8 Å². The molecule has 2 aliphatic heterocycles. The molecule has 0 aromatic heterocycles. The van der Waals surface area contributed by atoms with Crippen LogP contribution in [0.5, 0.6) is 0 Å². The largest absolute Gasteiger partial charge is 0.377 e.